The number of nitrogens with one attached hydrogen (secondary N) is 2. The van der Waals surface area contributed by atoms with Crippen LogP contribution in [0.25, 0.3) is 0 Å². The molecule has 0 heterocycles. The average molecular weight is 446 g/mol. The van der Waals surface area contributed by atoms with E-state index >= 15 is 0 Å². The second-order valence-corrected chi connectivity index (χ2v) is 8.88. The number of rotatable bonds is 6. The molecule has 164 valence electrons. The van der Waals surface area contributed by atoms with Crippen LogP contribution in [0, 0.1) is 17.5 Å². The lowest BCUT2D eigenvalue weighted by Crippen LogP contribution is -2.44. The Hall–Kier alpha value is -2.18. The van der Waals surface area contributed by atoms with Gasteiger partial charge in [-0.05, 0) is 43.5 Å². The van der Waals surface area contributed by atoms with Crippen molar-refractivity contribution >= 4 is 15.7 Å². The van der Waals surface area contributed by atoms with Crippen molar-refractivity contribution < 1.29 is 36.9 Å². The van der Waals surface area contributed by atoms with Gasteiger partial charge in [-0.2, -0.15) is 0 Å². The maximum Gasteiger partial charge on any atom is 0.243 e. The van der Waals surface area contributed by atoms with E-state index in [9.17, 15) is 36.9 Å². The molecule has 1 saturated carbocycles. The molecule has 0 amide bonds. The van der Waals surface area contributed by atoms with Gasteiger partial charge in [0.2, 0.25) is 10.0 Å². The lowest BCUT2D eigenvalue weighted by molar-refractivity contribution is 0.0292. The average Bonchev–Trinajstić information content (AvgIpc) is 2.63. The van der Waals surface area contributed by atoms with Crippen LogP contribution in [0.5, 0.6) is 0 Å². The molecule has 2 aromatic carbocycles. The predicted molar refractivity (Wildman–Crippen MR) is 101 cm³/mol. The van der Waals surface area contributed by atoms with Crippen molar-refractivity contribution in [2.45, 2.75) is 48.6 Å². The van der Waals surface area contributed by atoms with Crippen molar-refractivity contribution in [3.8, 4) is 0 Å². The topological polar surface area (TPSA) is 119 Å². The third-order valence-corrected chi connectivity index (χ3v) is 6.30. The normalized spacial score (nSPS) is 23.2. The van der Waals surface area contributed by atoms with Crippen molar-refractivity contribution in [1.29, 1.82) is 0 Å². The molecular formula is C19H21F3N2O5S. The molecule has 3 rings (SSSR count). The molecule has 11 heteroatoms. The zero-order chi connectivity index (χ0) is 22.1. The highest BCUT2D eigenvalue weighted by molar-refractivity contribution is 7.89. The van der Waals surface area contributed by atoms with Gasteiger partial charge in [-0.1, -0.05) is 6.07 Å². The maximum atomic E-state index is 14.2. The highest BCUT2D eigenvalue weighted by Crippen LogP contribution is 2.25. The summed E-state index contributed by atoms with van der Waals surface area (Å²) in [6.07, 6.45) is -3.05. The molecule has 30 heavy (non-hydrogen) atoms. The fourth-order valence-corrected chi connectivity index (χ4v) is 4.74. The van der Waals surface area contributed by atoms with Crippen LogP contribution in [0.15, 0.2) is 41.3 Å². The fourth-order valence-electron chi connectivity index (χ4n) is 3.36. The number of halogens is 3. The van der Waals surface area contributed by atoms with Crippen LogP contribution in [0.1, 0.15) is 31.1 Å². The lowest BCUT2D eigenvalue weighted by atomic mass is 9.91. The molecule has 3 unspecified atom stereocenters. The van der Waals surface area contributed by atoms with E-state index in [2.05, 4.69) is 10.0 Å². The standard InChI is InChI=1S/C19H21F3N2O5S/c20-15-4-2-11(8-17(15)22)23-19(27)10-1-3-16(21)18(5-10)30(28,29)24-12-6-13(25)9-14(26)7-12/h1-5,8,12-14,19,23-27H,6-7,9H2. The minimum atomic E-state index is -4.37. The van der Waals surface area contributed by atoms with Gasteiger partial charge in [-0.15, -0.1) is 0 Å². The molecule has 1 aliphatic rings. The Morgan fingerprint density at radius 3 is 2.17 bits per heavy atom. The van der Waals surface area contributed by atoms with Gasteiger partial charge in [0.05, 0.1) is 12.2 Å². The van der Waals surface area contributed by atoms with Gasteiger partial charge < -0.3 is 20.6 Å². The Morgan fingerprint density at radius 2 is 1.53 bits per heavy atom. The predicted octanol–water partition coefficient (Wildman–Crippen LogP) is 1.76. The van der Waals surface area contributed by atoms with E-state index in [0.717, 1.165) is 30.3 Å². The van der Waals surface area contributed by atoms with Gasteiger partial charge in [0.1, 0.15) is 10.7 Å². The first-order valence-electron chi connectivity index (χ1n) is 9.12. The summed E-state index contributed by atoms with van der Waals surface area (Å²) in [4.78, 5) is -0.735. The Morgan fingerprint density at radius 1 is 0.900 bits per heavy atom. The number of hydrogen-bond acceptors (Lipinski definition) is 6. The van der Waals surface area contributed by atoms with Crippen molar-refractivity contribution in [2.24, 2.45) is 0 Å². The van der Waals surface area contributed by atoms with Crippen molar-refractivity contribution in [3.63, 3.8) is 0 Å². The SMILES string of the molecule is O=S(=O)(NC1CC(O)CC(O)C1)c1cc(C(O)Nc2ccc(F)c(F)c2)ccc1F. The van der Waals surface area contributed by atoms with Gasteiger partial charge in [0.15, 0.2) is 17.9 Å². The van der Waals surface area contributed by atoms with Gasteiger partial charge in [-0.25, -0.2) is 26.3 Å². The second kappa shape index (κ2) is 8.90. The third-order valence-electron chi connectivity index (χ3n) is 4.76. The Balaban J connectivity index is 1.80. The summed E-state index contributed by atoms with van der Waals surface area (Å²) >= 11 is 0. The second-order valence-electron chi connectivity index (χ2n) is 7.20. The Kier molecular flexibility index (Phi) is 6.68. The first-order chi connectivity index (χ1) is 14.0. The monoisotopic (exact) mass is 446 g/mol. The zero-order valence-corrected chi connectivity index (χ0v) is 16.4. The summed E-state index contributed by atoms with van der Waals surface area (Å²) in [5, 5.41) is 32.1. The summed E-state index contributed by atoms with van der Waals surface area (Å²) < 4.78 is 68.1. The number of anilines is 1. The Labute approximate surface area is 171 Å². The maximum absolute atomic E-state index is 14.2. The number of hydrogen-bond donors (Lipinski definition) is 5. The molecule has 1 aliphatic carbocycles. The van der Waals surface area contributed by atoms with E-state index in [1.807, 2.05) is 0 Å². The minimum Gasteiger partial charge on any atom is -0.393 e. The molecule has 3 atom stereocenters. The molecule has 0 bridgehead atoms. The molecular weight excluding hydrogens is 425 g/mol. The number of aliphatic hydroxyl groups excluding tert-OH is 3. The van der Waals surface area contributed by atoms with Crippen molar-refractivity contribution in [3.05, 3.63) is 59.4 Å². The molecule has 2 aromatic rings. The van der Waals surface area contributed by atoms with Crippen LogP contribution in [0.4, 0.5) is 18.9 Å². The summed E-state index contributed by atoms with van der Waals surface area (Å²) in [6, 6.07) is 4.93. The first kappa shape index (κ1) is 22.5. The highest BCUT2D eigenvalue weighted by Gasteiger charge is 2.31. The molecule has 1 fully saturated rings. The van der Waals surface area contributed by atoms with Crippen LogP contribution in [0.2, 0.25) is 0 Å². The van der Waals surface area contributed by atoms with Crippen LogP contribution >= 0.6 is 0 Å². The third kappa shape index (κ3) is 5.29. The molecule has 0 aliphatic heterocycles. The van der Waals surface area contributed by atoms with Gasteiger partial charge in [0, 0.05) is 23.4 Å². The van der Waals surface area contributed by atoms with Crippen molar-refractivity contribution in [2.75, 3.05) is 5.32 Å². The molecule has 5 N–H and O–H groups in total. The molecule has 0 aromatic heterocycles. The zero-order valence-electron chi connectivity index (χ0n) is 15.6. The van der Waals surface area contributed by atoms with Crippen LogP contribution in [-0.2, 0) is 10.0 Å². The molecule has 0 spiro atoms. The van der Waals surface area contributed by atoms with Crippen LogP contribution < -0.4 is 10.0 Å². The van der Waals surface area contributed by atoms with Gasteiger partial charge >= 0.3 is 0 Å². The van der Waals surface area contributed by atoms with Crippen molar-refractivity contribution in [1.82, 2.24) is 4.72 Å². The number of aliphatic hydroxyl groups is 3. The molecule has 0 radical (unpaired) electrons. The highest BCUT2D eigenvalue weighted by atomic mass is 32.2. The van der Waals surface area contributed by atoms with Crippen LogP contribution in [-0.4, -0.2) is 42.0 Å². The van der Waals surface area contributed by atoms with E-state index in [-0.39, 0.29) is 30.5 Å². The summed E-state index contributed by atoms with van der Waals surface area (Å²) in [6.45, 7) is 0. The number of sulfonamides is 1. The largest absolute Gasteiger partial charge is 0.393 e. The van der Waals surface area contributed by atoms with Gasteiger partial charge in [0.25, 0.3) is 0 Å². The molecule has 7 nitrogen and oxygen atoms in total. The summed E-state index contributed by atoms with van der Waals surface area (Å²) in [5.41, 5.74) is -0.0105. The smallest absolute Gasteiger partial charge is 0.243 e. The fraction of sp³-hybridized carbons (Fsp3) is 0.368. The lowest BCUT2D eigenvalue weighted by Gasteiger charge is -2.30. The quantitative estimate of drug-likeness (QED) is 0.432. The van der Waals surface area contributed by atoms with E-state index in [4.69, 9.17) is 0 Å². The summed E-state index contributed by atoms with van der Waals surface area (Å²) in [7, 11) is -4.37. The first-order valence-corrected chi connectivity index (χ1v) is 10.6. The van der Waals surface area contributed by atoms with E-state index in [1.165, 1.54) is 6.07 Å². The van der Waals surface area contributed by atoms with Gasteiger partial charge in [-0.3, -0.25) is 0 Å². The van der Waals surface area contributed by atoms with Crippen LogP contribution in [0.3, 0.4) is 0 Å². The van der Waals surface area contributed by atoms with E-state index in [1.54, 1.807) is 0 Å². The van der Waals surface area contributed by atoms with E-state index < -0.39 is 56.8 Å². The Bertz CT molecular complexity index is 1010. The van der Waals surface area contributed by atoms with E-state index in [0.29, 0.717) is 0 Å². The minimum absolute atomic E-state index is 0.0263. The number of benzene rings is 2. The summed E-state index contributed by atoms with van der Waals surface area (Å²) in [5.74, 6) is -3.28. The molecule has 0 saturated heterocycles.